The van der Waals surface area contributed by atoms with Gasteiger partial charge in [0, 0.05) is 13.1 Å². The minimum Gasteiger partial charge on any atom is -0.382 e. The summed E-state index contributed by atoms with van der Waals surface area (Å²) in [4.78, 5) is 39.7. The number of nitrogen functional groups attached to an aromatic ring is 1. The number of amides is 1. The Morgan fingerprint density at radius 1 is 1.44 bits per heavy atom. The Bertz CT molecular complexity index is 859. The van der Waals surface area contributed by atoms with E-state index in [2.05, 4.69) is 41.2 Å². The summed E-state index contributed by atoms with van der Waals surface area (Å²) in [7, 11) is 0. The van der Waals surface area contributed by atoms with Gasteiger partial charge < -0.3 is 16.0 Å². The predicted molar refractivity (Wildman–Crippen MR) is 93.3 cm³/mol. The minimum atomic E-state index is -0.976. The van der Waals surface area contributed by atoms with Crippen LogP contribution in [-0.2, 0) is 0 Å². The fraction of sp³-hybridized carbons (Fsp3) is 0.357. The van der Waals surface area contributed by atoms with Crippen molar-refractivity contribution in [3.8, 4) is 0 Å². The number of carbonyl (C=O) groups is 1. The molecule has 0 aromatic carbocycles. The van der Waals surface area contributed by atoms with E-state index in [1.54, 1.807) is 4.90 Å². The number of H-pyrrole nitrogens is 1. The Kier molecular flexibility index (Phi) is 4.93. The van der Waals surface area contributed by atoms with Crippen LogP contribution in [0.2, 0.25) is 0 Å². The lowest BCUT2D eigenvalue weighted by Crippen LogP contribution is -2.37. The van der Waals surface area contributed by atoms with Crippen molar-refractivity contribution in [1.82, 2.24) is 19.9 Å². The van der Waals surface area contributed by atoms with E-state index in [-0.39, 0.29) is 23.9 Å². The molecule has 2 aromatic rings. The van der Waals surface area contributed by atoms with Gasteiger partial charge in [0.25, 0.3) is 5.91 Å². The fourth-order valence-corrected chi connectivity index (χ4v) is 2.86. The average Bonchev–Trinajstić information content (AvgIpc) is 2.57. The second kappa shape index (κ2) is 7.13. The Labute approximate surface area is 150 Å². The molecule has 1 saturated heterocycles. The van der Waals surface area contributed by atoms with Crippen LogP contribution >= 0.6 is 15.9 Å². The number of halogens is 2. The molecule has 0 bridgehead atoms. The number of aromatic nitrogens is 4. The van der Waals surface area contributed by atoms with Crippen LogP contribution < -0.4 is 21.6 Å². The number of aromatic amines is 1. The van der Waals surface area contributed by atoms with Crippen LogP contribution in [0.5, 0.6) is 0 Å². The number of nitrogens with two attached hydrogens (primary N) is 1. The van der Waals surface area contributed by atoms with Crippen LogP contribution in [0.25, 0.3) is 0 Å². The number of rotatable bonds is 3. The van der Waals surface area contributed by atoms with Gasteiger partial charge in [-0.15, -0.1) is 0 Å². The Morgan fingerprint density at radius 2 is 2.24 bits per heavy atom. The van der Waals surface area contributed by atoms with Gasteiger partial charge in [0.05, 0.1) is 18.1 Å². The third kappa shape index (κ3) is 3.92. The second-order valence-electron chi connectivity index (χ2n) is 5.51. The highest BCUT2D eigenvalue weighted by Gasteiger charge is 2.24. The predicted octanol–water partition coefficient (Wildman–Crippen LogP) is 1.10. The summed E-state index contributed by atoms with van der Waals surface area (Å²) in [5.74, 6) is -0.594. The van der Waals surface area contributed by atoms with E-state index >= 15 is 0 Å². The van der Waals surface area contributed by atoms with Crippen molar-refractivity contribution >= 4 is 39.2 Å². The number of carbonyl (C=O) groups excluding carboxylic acids is 1. The van der Waals surface area contributed by atoms with Crippen LogP contribution in [0.4, 0.5) is 21.7 Å². The van der Waals surface area contributed by atoms with Crippen LogP contribution in [0.1, 0.15) is 23.3 Å². The van der Waals surface area contributed by atoms with Crippen molar-refractivity contribution in [2.45, 2.75) is 19.0 Å². The van der Waals surface area contributed by atoms with Crippen LogP contribution in [0.15, 0.2) is 21.8 Å². The van der Waals surface area contributed by atoms with E-state index in [1.165, 1.54) is 12.4 Å². The summed E-state index contributed by atoms with van der Waals surface area (Å²) >= 11 is 3.12. The fourth-order valence-electron chi connectivity index (χ4n) is 2.58. The molecule has 3 rings (SSSR count). The molecule has 1 unspecified atom stereocenters. The van der Waals surface area contributed by atoms with E-state index in [9.17, 15) is 14.0 Å². The molecule has 0 aliphatic carbocycles. The maximum atomic E-state index is 13.7. The van der Waals surface area contributed by atoms with Crippen molar-refractivity contribution in [2.75, 3.05) is 29.0 Å². The Balaban J connectivity index is 1.91. The molecule has 0 spiro atoms. The van der Waals surface area contributed by atoms with Crippen molar-refractivity contribution in [1.29, 1.82) is 0 Å². The zero-order valence-electron chi connectivity index (χ0n) is 13.0. The topological polar surface area (TPSA) is 130 Å². The standard InChI is InChI=1S/C14H15BrFN7O2/c15-9-5-18-11(17)10(20-9)13(24)21-12-8(4-19-14(25)22-12)23-3-1-2-7(16)6-23/h4-5,7H,1-3,6H2,(H2,17,18)(H2,19,21,22,24,25). The number of hydrogen-bond donors (Lipinski definition) is 3. The zero-order valence-corrected chi connectivity index (χ0v) is 14.6. The molecule has 9 nitrogen and oxygen atoms in total. The number of anilines is 3. The van der Waals surface area contributed by atoms with Gasteiger partial charge in [-0.3, -0.25) is 9.78 Å². The summed E-state index contributed by atoms with van der Waals surface area (Å²) in [5, 5.41) is 2.55. The monoisotopic (exact) mass is 411 g/mol. The molecule has 3 heterocycles. The summed E-state index contributed by atoms with van der Waals surface area (Å²) in [5.41, 5.74) is 5.37. The van der Waals surface area contributed by atoms with Crippen LogP contribution in [-0.4, -0.2) is 45.1 Å². The molecule has 4 N–H and O–H groups in total. The summed E-state index contributed by atoms with van der Waals surface area (Å²) in [6.07, 6.45) is 2.84. The van der Waals surface area contributed by atoms with Gasteiger partial charge in [-0.25, -0.2) is 19.2 Å². The molecule has 0 saturated carbocycles. The number of piperidine rings is 1. The van der Waals surface area contributed by atoms with Crippen molar-refractivity contribution in [3.63, 3.8) is 0 Å². The first-order chi connectivity index (χ1) is 11.9. The lowest BCUT2D eigenvalue weighted by molar-refractivity contribution is 0.102. The average molecular weight is 412 g/mol. The van der Waals surface area contributed by atoms with Gasteiger partial charge in [0.1, 0.15) is 16.6 Å². The zero-order chi connectivity index (χ0) is 18.0. The maximum absolute atomic E-state index is 13.7. The van der Waals surface area contributed by atoms with Gasteiger partial charge in [0.2, 0.25) is 0 Å². The van der Waals surface area contributed by atoms with E-state index in [4.69, 9.17) is 5.73 Å². The minimum absolute atomic E-state index is 0.0551. The summed E-state index contributed by atoms with van der Waals surface area (Å²) < 4.78 is 14.0. The number of nitrogens with one attached hydrogen (secondary N) is 2. The molecule has 1 fully saturated rings. The molecule has 0 radical (unpaired) electrons. The molecule has 1 aliphatic rings. The van der Waals surface area contributed by atoms with Crippen LogP contribution in [0, 0.1) is 0 Å². The lowest BCUT2D eigenvalue weighted by Gasteiger charge is -2.31. The van der Waals surface area contributed by atoms with Gasteiger partial charge in [0.15, 0.2) is 11.5 Å². The van der Waals surface area contributed by atoms with E-state index < -0.39 is 17.8 Å². The second-order valence-corrected chi connectivity index (χ2v) is 6.33. The first-order valence-corrected chi connectivity index (χ1v) is 8.31. The van der Waals surface area contributed by atoms with E-state index in [1.807, 2.05) is 0 Å². The van der Waals surface area contributed by atoms with E-state index in [0.29, 0.717) is 29.7 Å². The molecule has 11 heteroatoms. The highest BCUT2D eigenvalue weighted by molar-refractivity contribution is 9.10. The lowest BCUT2D eigenvalue weighted by atomic mass is 10.1. The molecule has 25 heavy (non-hydrogen) atoms. The highest BCUT2D eigenvalue weighted by atomic mass is 79.9. The molecule has 132 valence electrons. The number of alkyl halides is 1. The van der Waals surface area contributed by atoms with Crippen molar-refractivity contribution < 1.29 is 9.18 Å². The van der Waals surface area contributed by atoms with Gasteiger partial charge in [-0.2, -0.15) is 4.98 Å². The van der Waals surface area contributed by atoms with Crippen LogP contribution in [0.3, 0.4) is 0 Å². The Morgan fingerprint density at radius 3 is 3.00 bits per heavy atom. The van der Waals surface area contributed by atoms with Crippen molar-refractivity contribution in [3.05, 3.63) is 33.2 Å². The molecule has 1 amide bonds. The van der Waals surface area contributed by atoms with Crippen molar-refractivity contribution in [2.24, 2.45) is 0 Å². The maximum Gasteiger partial charge on any atom is 0.346 e. The third-order valence-corrected chi connectivity index (χ3v) is 4.10. The first kappa shape index (κ1) is 17.3. The van der Waals surface area contributed by atoms with Gasteiger partial charge in [-0.1, -0.05) is 0 Å². The van der Waals surface area contributed by atoms with Gasteiger partial charge in [-0.05, 0) is 28.8 Å². The van der Waals surface area contributed by atoms with Gasteiger partial charge >= 0.3 is 5.69 Å². The molecule has 1 atom stereocenters. The molecule has 2 aromatic heterocycles. The SMILES string of the molecule is Nc1ncc(Br)nc1C(=O)Nc1[nH]c(=O)ncc1N1CCCC(F)C1. The quantitative estimate of drug-likeness (QED) is 0.688. The molecule has 1 aliphatic heterocycles. The normalized spacial score (nSPS) is 17.4. The number of hydrogen-bond acceptors (Lipinski definition) is 7. The Hall–Kier alpha value is -2.56. The molecular formula is C14H15BrFN7O2. The summed E-state index contributed by atoms with van der Waals surface area (Å²) in [6.45, 7) is 0.755. The number of nitrogens with zero attached hydrogens (tertiary/aromatic N) is 4. The highest BCUT2D eigenvalue weighted by Crippen LogP contribution is 2.26. The first-order valence-electron chi connectivity index (χ1n) is 7.51. The summed E-state index contributed by atoms with van der Waals surface area (Å²) in [6, 6.07) is 0. The third-order valence-electron chi connectivity index (χ3n) is 3.72. The van der Waals surface area contributed by atoms with E-state index in [0.717, 1.165) is 0 Å². The smallest absolute Gasteiger partial charge is 0.346 e. The largest absolute Gasteiger partial charge is 0.382 e. The molecular weight excluding hydrogens is 397 g/mol.